The van der Waals surface area contributed by atoms with Crippen LogP contribution in [0.15, 0.2) is 12.7 Å². The Kier molecular flexibility index (Phi) is 4.54. The smallest absolute Gasteiger partial charge is 0.243 e. The number of amides is 1. The van der Waals surface area contributed by atoms with E-state index in [2.05, 4.69) is 11.9 Å². The Bertz CT molecular complexity index is 143. The quantitative estimate of drug-likeness (QED) is 0.577. The summed E-state index contributed by atoms with van der Waals surface area (Å²) in [4.78, 5) is 10.7. The number of hydrogen-bond acceptors (Lipinski definition) is 2. The summed E-state index contributed by atoms with van der Waals surface area (Å²) >= 11 is 0. The lowest BCUT2D eigenvalue weighted by atomic mass is 10.1. The van der Waals surface area contributed by atoms with Crippen LogP contribution in [0.5, 0.6) is 0 Å². The second-order valence-electron chi connectivity index (χ2n) is 2.75. The number of carbonyl (C=O) groups excluding carboxylic acids is 1. The third kappa shape index (κ3) is 3.78. The zero-order valence-corrected chi connectivity index (χ0v) is 7.00. The van der Waals surface area contributed by atoms with E-state index in [1.165, 1.54) is 6.08 Å². The van der Waals surface area contributed by atoms with Crippen LogP contribution in [0.4, 0.5) is 0 Å². The first-order chi connectivity index (χ1) is 5.11. The monoisotopic (exact) mass is 157 g/mol. The van der Waals surface area contributed by atoms with E-state index in [0.29, 0.717) is 0 Å². The van der Waals surface area contributed by atoms with Crippen molar-refractivity contribution >= 4 is 5.91 Å². The highest BCUT2D eigenvalue weighted by Crippen LogP contribution is 1.99. The molecule has 3 heteroatoms. The summed E-state index contributed by atoms with van der Waals surface area (Å²) < 4.78 is 0. The van der Waals surface area contributed by atoms with Crippen molar-refractivity contribution in [3.05, 3.63) is 12.7 Å². The van der Waals surface area contributed by atoms with Crippen LogP contribution < -0.4 is 5.32 Å². The van der Waals surface area contributed by atoms with Crippen LogP contribution >= 0.6 is 0 Å². The highest BCUT2D eigenvalue weighted by Gasteiger charge is 2.12. The summed E-state index contributed by atoms with van der Waals surface area (Å²) in [5.41, 5.74) is 0. The first kappa shape index (κ1) is 10.2. The minimum atomic E-state index is -0.238. The summed E-state index contributed by atoms with van der Waals surface area (Å²) in [7, 11) is 0. The van der Waals surface area contributed by atoms with Gasteiger partial charge in [0.15, 0.2) is 0 Å². The second kappa shape index (κ2) is 4.91. The van der Waals surface area contributed by atoms with Crippen LogP contribution in [0.3, 0.4) is 0 Å². The van der Waals surface area contributed by atoms with E-state index < -0.39 is 0 Å². The number of nitrogens with one attached hydrogen (secondary N) is 1. The molecule has 0 aliphatic carbocycles. The Morgan fingerprint density at radius 3 is 2.55 bits per heavy atom. The number of aliphatic hydroxyl groups excluding tert-OH is 1. The van der Waals surface area contributed by atoms with Crippen molar-refractivity contribution in [2.75, 3.05) is 6.61 Å². The van der Waals surface area contributed by atoms with Crippen molar-refractivity contribution in [1.82, 2.24) is 5.32 Å². The van der Waals surface area contributed by atoms with Gasteiger partial charge >= 0.3 is 0 Å². The maximum absolute atomic E-state index is 10.7. The molecule has 2 N–H and O–H groups in total. The summed E-state index contributed by atoms with van der Waals surface area (Å²) in [6.07, 6.45) is 1.20. The summed E-state index contributed by atoms with van der Waals surface area (Å²) in [6, 6.07) is -0.166. The fraction of sp³-hybridized carbons (Fsp3) is 0.625. The fourth-order valence-electron chi connectivity index (χ4n) is 0.665. The molecule has 1 amide bonds. The van der Waals surface area contributed by atoms with E-state index >= 15 is 0 Å². The lowest BCUT2D eigenvalue weighted by Gasteiger charge is -2.18. The molecule has 0 aliphatic rings. The topological polar surface area (TPSA) is 49.3 Å². The van der Waals surface area contributed by atoms with Gasteiger partial charge in [-0.05, 0) is 12.0 Å². The van der Waals surface area contributed by atoms with Crippen molar-refractivity contribution in [2.24, 2.45) is 5.92 Å². The molecule has 0 radical (unpaired) electrons. The lowest BCUT2D eigenvalue weighted by molar-refractivity contribution is -0.117. The van der Waals surface area contributed by atoms with E-state index in [9.17, 15) is 4.79 Å². The molecular formula is C8H15NO2. The number of aliphatic hydroxyl groups is 1. The van der Waals surface area contributed by atoms with E-state index in [1.807, 2.05) is 13.8 Å². The summed E-state index contributed by atoms with van der Waals surface area (Å²) in [5.74, 6) is 0.00153. The lowest BCUT2D eigenvalue weighted by Crippen LogP contribution is -2.40. The molecular weight excluding hydrogens is 142 g/mol. The summed E-state index contributed by atoms with van der Waals surface area (Å²) in [5, 5.41) is 11.4. The van der Waals surface area contributed by atoms with Crippen LogP contribution in [-0.4, -0.2) is 23.7 Å². The fourth-order valence-corrected chi connectivity index (χ4v) is 0.665. The van der Waals surface area contributed by atoms with Gasteiger partial charge in [-0.3, -0.25) is 4.79 Å². The number of carbonyl (C=O) groups is 1. The van der Waals surface area contributed by atoms with Crippen LogP contribution in [0.25, 0.3) is 0 Å². The first-order valence-corrected chi connectivity index (χ1v) is 3.65. The SMILES string of the molecule is C=CC(=O)NC(CO)C(C)C. The van der Waals surface area contributed by atoms with Crippen LogP contribution in [0.1, 0.15) is 13.8 Å². The third-order valence-electron chi connectivity index (χ3n) is 1.51. The van der Waals surface area contributed by atoms with Crippen molar-refractivity contribution in [2.45, 2.75) is 19.9 Å². The molecule has 11 heavy (non-hydrogen) atoms. The molecule has 64 valence electrons. The molecule has 1 unspecified atom stereocenters. The Morgan fingerprint density at radius 1 is 1.73 bits per heavy atom. The van der Waals surface area contributed by atoms with E-state index in [-0.39, 0.29) is 24.5 Å². The molecule has 0 saturated heterocycles. The standard InChI is InChI=1S/C8H15NO2/c1-4-8(11)9-7(5-10)6(2)3/h4,6-7,10H,1,5H2,2-3H3,(H,9,11). The van der Waals surface area contributed by atoms with Gasteiger partial charge in [-0.25, -0.2) is 0 Å². The molecule has 0 aliphatic heterocycles. The minimum absolute atomic E-state index is 0.0305. The molecule has 1 atom stereocenters. The van der Waals surface area contributed by atoms with Crippen LogP contribution in [-0.2, 0) is 4.79 Å². The molecule has 0 heterocycles. The molecule has 0 spiro atoms. The number of rotatable bonds is 4. The zero-order chi connectivity index (χ0) is 8.85. The van der Waals surface area contributed by atoms with Crippen molar-refractivity contribution in [3.63, 3.8) is 0 Å². The Hall–Kier alpha value is -0.830. The van der Waals surface area contributed by atoms with E-state index in [0.717, 1.165) is 0 Å². The summed E-state index contributed by atoms with van der Waals surface area (Å²) in [6.45, 7) is 7.15. The highest BCUT2D eigenvalue weighted by atomic mass is 16.3. The zero-order valence-electron chi connectivity index (χ0n) is 7.00. The Morgan fingerprint density at radius 2 is 2.27 bits per heavy atom. The van der Waals surface area contributed by atoms with Gasteiger partial charge in [-0.2, -0.15) is 0 Å². The van der Waals surface area contributed by atoms with Crippen molar-refractivity contribution in [1.29, 1.82) is 0 Å². The molecule has 0 aromatic heterocycles. The molecule has 0 fully saturated rings. The molecule has 0 aromatic carbocycles. The predicted octanol–water partition coefficient (Wildman–Crippen LogP) is 0.305. The highest BCUT2D eigenvalue weighted by molar-refractivity contribution is 5.87. The minimum Gasteiger partial charge on any atom is -0.394 e. The maximum Gasteiger partial charge on any atom is 0.243 e. The van der Waals surface area contributed by atoms with Gasteiger partial charge in [0, 0.05) is 0 Å². The van der Waals surface area contributed by atoms with Crippen LogP contribution in [0, 0.1) is 5.92 Å². The number of hydrogen-bond donors (Lipinski definition) is 2. The van der Waals surface area contributed by atoms with Crippen LogP contribution in [0.2, 0.25) is 0 Å². The van der Waals surface area contributed by atoms with Gasteiger partial charge in [0.05, 0.1) is 12.6 Å². The normalized spacial score (nSPS) is 12.7. The average molecular weight is 157 g/mol. The molecule has 0 saturated carbocycles. The van der Waals surface area contributed by atoms with Crippen molar-refractivity contribution in [3.8, 4) is 0 Å². The van der Waals surface area contributed by atoms with E-state index in [4.69, 9.17) is 5.11 Å². The average Bonchev–Trinajstić information content (AvgIpc) is 1.99. The molecule has 0 rings (SSSR count). The first-order valence-electron chi connectivity index (χ1n) is 3.65. The third-order valence-corrected chi connectivity index (χ3v) is 1.51. The maximum atomic E-state index is 10.7. The van der Waals surface area contributed by atoms with Gasteiger partial charge in [0.2, 0.25) is 5.91 Å². The largest absolute Gasteiger partial charge is 0.394 e. The predicted molar refractivity (Wildman–Crippen MR) is 44.1 cm³/mol. The molecule has 0 aromatic rings. The second-order valence-corrected chi connectivity index (χ2v) is 2.75. The van der Waals surface area contributed by atoms with Gasteiger partial charge in [0.25, 0.3) is 0 Å². The van der Waals surface area contributed by atoms with Gasteiger partial charge < -0.3 is 10.4 Å². The van der Waals surface area contributed by atoms with E-state index in [1.54, 1.807) is 0 Å². The van der Waals surface area contributed by atoms with Gasteiger partial charge in [-0.1, -0.05) is 20.4 Å². The molecule has 3 nitrogen and oxygen atoms in total. The Balaban J connectivity index is 3.87. The van der Waals surface area contributed by atoms with Gasteiger partial charge in [-0.15, -0.1) is 0 Å². The molecule has 0 bridgehead atoms. The van der Waals surface area contributed by atoms with Gasteiger partial charge in [0.1, 0.15) is 0 Å². The van der Waals surface area contributed by atoms with Crippen molar-refractivity contribution < 1.29 is 9.90 Å². The Labute approximate surface area is 67.1 Å².